The van der Waals surface area contributed by atoms with Gasteiger partial charge in [-0.05, 0) is 50.5 Å². The van der Waals surface area contributed by atoms with Crippen LogP contribution in [0.3, 0.4) is 0 Å². The van der Waals surface area contributed by atoms with Crippen molar-refractivity contribution in [3.05, 3.63) is 41.3 Å². The Labute approximate surface area is 164 Å². The number of imidazole rings is 1. The maximum Gasteiger partial charge on any atom is 0.262 e. The first-order valence-electron chi connectivity index (χ1n) is 8.90. The van der Waals surface area contributed by atoms with Gasteiger partial charge in [0.15, 0.2) is 5.03 Å². The van der Waals surface area contributed by atoms with E-state index in [0.717, 1.165) is 11.3 Å². The lowest BCUT2D eigenvalue weighted by molar-refractivity contribution is -0.120. The third kappa shape index (κ3) is 4.34. The summed E-state index contributed by atoms with van der Waals surface area (Å²) in [5.41, 5.74) is 1.62. The van der Waals surface area contributed by atoms with Gasteiger partial charge in [-0.2, -0.15) is 4.31 Å². The maximum atomic E-state index is 12.7. The fraction of sp³-hybridized carbons (Fsp3) is 0.444. The summed E-state index contributed by atoms with van der Waals surface area (Å²) >= 11 is 5.94. The zero-order chi connectivity index (χ0) is 19.6. The highest BCUT2D eigenvalue weighted by atomic mass is 35.5. The summed E-state index contributed by atoms with van der Waals surface area (Å²) in [4.78, 5) is 16.5. The van der Waals surface area contributed by atoms with Crippen LogP contribution in [0.1, 0.15) is 25.3 Å². The first kappa shape index (κ1) is 19.9. The third-order valence-electron chi connectivity index (χ3n) is 4.85. The van der Waals surface area contributed by atoms with Crippen LogP contribution < -0.4 is 5.32 Å². The highest BCUT2D eigenvalue weighted by molar-refractivity contribution is 7.89. The highest BCUT2D eigenvalue weighted by Crippen LogP contribution is 2.25. The Morgan fingerprint density at radius 3 is 2.63 bits per heavy atom. The van der Waals surface area contributed by atoms with E-state index in [9.17, 15) is 13.2 Å². The van der Waals surface area contributed by atoms with E-state index in [2.05, 4.69) is 10.3 Å². The van der Waals surface area contributed by atoms with Gasteiger partial charge in [-0.1, -0.05) is 11.6 Å². The van der Waals surface area contributed by atoms with E-state index in [1.807, 2.05) is 13.8 Å². The number of benzene rings is 1. The number of carbonyl (C=O) groups excluding carboxylic acids is 1. The Morgan fingerprint density at radius 2 is 2.04 bits per heavy atom. The monoisotopic (exact) mass is 410 g/mol. The Morgan fingerprint density at radius 1 is 1.33 bits per heavy atom. The van der Waals surface area contributed by atoms with E-state index in [1.54, 1.807) is 22.8 Å². The predicted molar refractivity (Wildman–Crippen MR) is 104 cm³/mol. The van der Waals surface area contributed by atoms with Crippen molar-refractivity contribution >= 4 is 33.2 Å². The van der Waals surface area contributed by atoms with Gasteiger partial charge in [0.05, 0.1) is 6.33 Å². The van der Waals surface area contributed by atoms with E-state index in [0.29, 0.717) is 37.5 Å². The molecule has 0 unspecified atom stereocenters. The van der Waals surface area contributed by atoms with Crippen LogP contribution in [0, 0.1) is 12.8 Å². The minimum absolute atomic E-state index is 0.0593. The molecule has 2 heterocycles. The minimum Gasteiger partial charge on any atom is -0.336 e. The van der Waals surface area contributed by atoms with Gasteiger partial charge < -0.3 is 9.88 Å². The van der Waals surface area contributed by atoms with Crippen LogP contribution >= 0.6 is 11.6 Å². The summed E-state index contributed by atoms with van der Waals surface area (Å²) in [5, 5.41) is 3.60. The van der Waals surface area contributed by atoms with Crippen molar-refractivity contribution in [2.75, 3.05) is 18.4 Å². The Kier molecular flexibility index (Phi) is 5.88. The standard InChI is InChI=1S/C18H23ClN4O3S/c1-3-22-11-17(20-12-22)27(25,26)23-8-6-14(7-9-23)18(24)21-16-5-4-15(19)10-13(16)2/h4-5,10-12,14H,3,6-9H2,1-2H3,(H,21,24). The van der Waals surface area contributed by atoms with E-state index >= 15 is 0 Å². The second-order valence-electron chi connectivity index (χ2n) is 6.67. The number of amides is 1. The molecule has 0 spiro atoms. The van der Waals surface area contributed by atoms with Gasteiger partial charge in [0.25, 0.3) is 10.0 Å². The number of carbonyl (C=O) groups is 1. The summed E-state index contributed by atoms with van der Waals surface area (Å²) in [7, 11) is -3.62. The SMILES string of the molecule is CCn1cnc(S(=O)(=O)N2CCC(C(=O)Nc3ccc(Cl)cc3C)CC2)c1. The van der Waals surface area contributed by atoms with Gasteiger partial charge in [-0.3, -0.25) is 4.79 Å². The average molecular weight is 411 g/mol. The molecule has 1 amide bonds. The molecule has 146 valence electrons. The molecule has 1 N–H and O–H groups in total. The largest absolute Gasteiger partial charge is 0.336 e. The smallest absolute Gasteiger partial charge is 0.262 e. The molecular weight excluding hydrogens is 388 g/mol. The van der Waals surface area contributed by atoms with Crippen LogP contribution in [0.25, 0.3) is 0 Å². The van der Waals surface area contributed by atoms with Crippen molar-refractivity contribution in [2.45, 2.75) is 38.3 Å². The van der Waals surface area contributed by atoms with Crippen LogP contribution in [0.2, 0.25) is 5.02 Å². The number of piperidine rings is 1. The topological polar surface area (TPSA) is 84.3 Å². The lowest BCUT2D eigenvalue weighted by Gasteiger charge is -2.30. The van der Waals surface area contributed by atoms with Gasteiger partial charge in [0.1, 0.15) is 0 Å². The number of aryl methyl sites for hydroxylation is 2. The molecule has 0 saturated carbocycles. The van der Waals surface area contributed by atoms with Crippen molar-refractivity contribution in [1.82, 2.24) is 13.9 Å². The second-order valence-corrected chi connectivity index (χ2v) is 8.99. The van der Waals surface area contributed by atoms with Gasteiger partial charge >= 0.3 is 0 Å². The normalized spacial score (nSPS) is 16.4. The molecule has 1 aliphatic rings. The zero-order valence-corrected chi connectivity index (χ0v) is 16.9. The number of sulfonamides is 1. The van der Waals surface area contributed by atoms with Crippen LogP contribution in [0.5, 0.6) is 0 Å². The van der Waals surface area contributed by atoms with Crippen molar-refractivity contribution < 1.29 is 13.2 Å². The molecule has 9 heteroatoms. The fourth-order valence-electron chi connectivity index (χ4n) is 3.14. The molecular formula is C18H23ClN4O3S. The molecule has 2 aromatic rings. The first-order valence-corrected chi connectivity index (χ1v) is 10.7. The number of halogens is 1. The molecule has 1 fully saturated rings. The van der Waals surface area contributed by atoms with Crippen LogP contribution in [-0.2, 0) is 21.4 Å². The van der Waals surface area contributed by atoms with Crippen molar-refractivity contribution in [1.29, 1.82) is 0 Å². The summed E-state index contributed by atoms with van der Waals surface area (Å²) in [6.45, 7) is 5.07. The zero-order valence-electron chi connectivity index (χ0n) is 15.4. The number of hydrogen-bond donors (Lipinski definition) is 1. The molecule has 0 radical (unpaired) electrons. The van der Waals surface area contributed by atoms with Gasteiger partial charge in [0.2, 0.25) is 5.91 Å². The molecule has 0 bridgehead atoms. The molecule has 1 aromatic carbocycles. The van der Waals surface area contributed by atoms with Crippen LogP contribution in [0.15, 0.2) is 35.7 Å². The van der Waals surface area contributed by atoms with E-state index in [1.165, 1.54) is 16.8 Å². The van der Waals surface area contributed by atoms with Crippen LogP contribution in [-0.4, -0.2) is 41.3 Å². The highest BCUT2D eigenvalue weighted by Gasteiger charge is 2.33. The van der Waals surface area contributed by atoms with E-state index in [4.69, 9.17) is 11.6 Å². The molecule has 3 rings (SSSR count). The molecule has 0 aliphatic carbocycles. The van der Waals surface area contributed by atoms with Crippen LogP contribution in [0.4, 0.5) is 5.69 Å². The van der Waals surface area contributed by atoms with Crippen molar-refractivity contribution in [3.8, 4) is 0 Å². The Bertz CT molecular complexity index is 934. The second kappa shape index (κ2) is 8.00. The minimum atomic E-state index is -3.62. The molecule has 0 atom stereocenters. The fourth-order valence-corrected chi connectivity index (χ4v) is 4.77. The Balaban J connectivity index is 1.61. The number of nitrogens with zero attached hydrogens (tertiary/aromatic N) is 3. The van der Waals surface area contributed by atoms with Gasteiger partial charge in [-0.15, -0.1) is 0 Å². The number of aromatic nitrogens is 2. The number of anilines is 1. The van der Waals surface area contributed by atoms with Crippen molar-refractivity contribution in [3.63, 3.8) is 0 Å². The average Bonchev–Trinajstić information content (AvgIpc) is 3.14. The number of rotatable bonds is 5. The van der Waals surface area contributed by atoms with Gasteiger partial charge in [-0.25, -0.2) is 13.4 Å². The summed E-state index contributed by atoms with van der Waals surface area (Å²) < 4.78 is 28.5. The summed E-state index contributed by atoms with van der Waals surface area (Å²) in [5.74, 6) is -0.313. The molecule has 27 heavy (non-hydrogen) atoms. The molecule has 1 aromatic heterocycles. The predicted octanol–water partition coefficient (Wildman–Crippen LogP) is 2.90. The number of hydrogen-bond acceptors (Lipinski definition) is 4. The lowest BCUT2D eigenvalue weighted by atomic mass is 9.97. The molecule has 7 nitrogen and oxygen atoms in total. The molecule has 1 aliphatic heterocycles. The summed E-state index contributed by atoms with van der Waals surface area (Å²) in [6.07, 6.45) is 4.01. The maximum absolute atomic E-state index is 12.7. The van der Waals surface area contributed by atoms with E-state index in [-0.39, 0.29) is 16.9 Å². The van der Waals surface area contributed by atoms with Gasteiger partial charge in [0, 0.05) is 42.5 Å². The Hall–Kier alpha value is -1.90. The number of nitrogens with one attached hydrogen (secondary N) is 1. The first-order chi connectivity index (χ1) is 12.8. The lowest BCUT2D eigenvalue weighted by Crippen LogP contribution is -2.41. The molecule has 1 saturated heterocycles. The van der Waals surface area contributed by atoms with Crippen molar-refractivity contribution in [2.24, 2.45) is 5.92 Å². The third-order valence-corrected chi connectivity index (χ3v) is 6.87. The van der Waals surface area contributed by atoms with E-state index < -0.39 is 10.0 Å². The summed E-state index contributed by atoms with van der Waals surface area (Å²) in [6, 6.07) is 5.30. The quantitative estimate of drug-likeness (QED) is 0.821.